The third kappa shape index (κ3) is 3.59. The minimum atomic E-state index is 0.422. The second kappa shape index (κ2) is 6.75. The topological polar surface area (TPSA) is 29.3 Å². The van der Waals surface area contributed by atoms with E-state index in [1.165, 1.54) is 24.8 Å². The third-order valence-electron chi connectivity index (χ3n) is 4.05. The van der Waals surface area contributed by atoms with Crippen LogP contribution >= 0.6 is 0 Å². The van der Waals surface area contributed by atoms with E-state index in [0.717, 1.165) is 18.2 Å². The Morgan fingerprint density at radius 3 is 2.95 bits per heavy atom. The van der Waals surface area contributed by atoms with E-state index in [0.29, 0.717) is 12.6 Å². The molecule has 2 atom stereocenters. The Kier molecular flexibility index (Phi) is 5.01. The number of benzene rings is 1. The first kappa shape index (κ1) is 14.1. The minimum absolute atomic E-state index is 0.422. The summed E-state index contributed by atoms with van der Waals surface area (Å²) in [6.07, 6.45) is 3.91. The van der Waals surface area contributed by atoms with Crippen molar-refractivity contribution in [1.29, 1.82) is 0 Å². The van der Waals surface area contributed by atoms with Gasteiger partial charge in [-0.25, -0.2) is 0 Å². The van der Waals surface area contributed by atoms with Crippen LogP contribution in [0.2, 0.25) is 0 Å². The van der Waals surface area contributed by atoms with Crippen molar-refractivity contribution in [1.82, 2.24) is 4.90 Å². The number of hydrogen-bond donors (Lipinski definition) is 1. The molecule has 2 rings (SSSR count). The summed E-state index contributed by atoms with van der Waals surface area (Å²) in [5, 5.41) is 0. The van der Waals surface area contributed by atoms with Gasteiger partial charge >= 0.3 is 0 Å². The third-order valence-corrected chi connectivity index (χ3v) is 4.05. The summed E-state index contributed by atoms with van der Waals surface area (Å²) < 4.78 is 0. The van der Waals surface area contributed by atoms with Crippen molar-refractivity contribution in [2.75, 3.05) is 6.54 Å². The number of rotatable bonds is 3. The summed E-state index contributed by atoms with van der Waals surface area (Å²) in [6, 6.07) is 9.98. The predicted molar refractivity (Wildman–Crippen MR) is 80.7 cm³/mol. The van der Waals surface area contributed by atoms with Crippen molar-refractivity contribution >= 4 is 0 Å². The van der Waals surface area contributed by atoms with Crippen molar-refractivity contribution in [2.24, 2.45) is 5.73 Å². The average molecular weight is 256 g/mol. The molecule has 1 aliphatic rings. The van der Waals surface area contributed by atoms with E-state index in [1.807, 2.05) is 0 Å². The molecule has 2 unspecified atom stereocenters. The summed E-state index contributed by atoms with van der Waals surface area (Å²) in [5.74, 6) is 6.03. The number of hydrogen-bond acceptors (Lipinski definition) is 2. The molecule has 2 N–H and O–H groups in total. The summed E-state index contributed by atoms with van der Waals surface area (Å²) in [4.78, 5) is 2.63. The first-order valence-electron chi connectivity index (χ1n) is 7.28. The van der Waals surface area contributed by atoms with Crippen LogP contribution in [-0.4, -0.2) is 23.5 Å². The SMILES string of the molecule is CCC1CCC(C)N1Cc1cccc(C#CCN)c1. The molecule has 2 heteroatoms. The largest absolute Gasteiger partial charge is 0.320 e. The zero-order valence-corrected chi connectivity index (χ0v) is 12.0. The zero-order chi connectivity index (χ0) is 13.7. The molecule has 1 aromatic carbocycles. The smallest absolute Gasteiger partial charge is 0.0555 e. The molecule has 0 amide bonds. The van der Waals surface area contributed by atoms with Crippen LogP contribution in [0.1, 0.15) is 44.2 Å². The first-order chi connectivity index (χ1) is 9.24. The molecule has 0 saturated carbocycles. The van der Waals surface area contributed by atoms with Gasteiger partial charge in [0.2, 0.25) is 0 Å². The van der Waals surface area contributed by atoms with Gasteiger partial charge in [0.1, 0.15) is 0 Å². The van der Waals surface area contributed by atoms with Crippen molar-refractivity contribution in [3.8, 4) is 11.8 Å². The van der Waals surface area contributed by atoms with Crippen LogP contribution in [0.3, 0.4) is 0 Å². The molecule has 0 aromatic heterocycles. The number of likely N-dealkylation sites (tertiary alicyclic amines) is 1. The lowest BCUT2D eigenvalue weighted by Gasteiger charge is -2.27. The molecule has 0 aliphatic carbocycles. The van der Waals surface area contributed by atoms with Crippen molar-refractivity contribution in [3.05, 3.63) is 35.4 Å². The molecule has 1 saturated heterocycles. The highest BCUT2D eigenvalue weighted by molar-refractivity contribution is 5.37. The van der Waals surface area contributed by atoms with Gasteiger partial charge in [0.15, 0.2) is 0 Å². The van der Waals surface area contributed by atoms with Crippen molar-refractivity contribution in [3.63, 3.8) is 0 Å². The van der Waals surface area contributed by atoms with Crippen molar-refractivity contribution in [2.45, 2.75) is 51.7 Å². The second-order valence-corrected chi connectivity index (χ2v) is 5.37. The Balaban J connectivity index is 2.10. The van der Waals surface area contributed by atoms with Crippen molar-refractivity contribution < 1.29 is 0 Å². The fraction of sp³-hybridized carbons (Fsp3) is 0.529. The van der Waals surface area contributed by atoms with Gasteiger partial charge < -0.3 is 5.73 Å². The first-order valence-corrected chi connectivity index (χ1v) is 7.28. The van der Waals surface area contributed by atoms with Crippen LogP contribution in [0.25, 0.3) is 0 Å². The number of nitrogens with two attached hydrogens (primary N) is 1. The molecule has 19 heavy (non-hydrogen) atoms. The van der Waals surface area contributed by atoms with Gasteiger partial charge in [-0.1, -0.05) is 30.9 Å². The fourth-order valence-electron chi connectivity index (χ4n) is 2.96. The molecule has 1 heterocycles. The Bertz CT molecular complexity index is 470. The molecule has 2 nitrogen and oxygen atoms in total. The Hall–Kier alpha value is -1.30. The van der Waals surface area contributed by atoms with Crippen LogP contribution in [0.5, 0.6) is 0 Å². The maximum Gasteiger partial charge on any atom is 0.0555 e. The van der Waals surface area contributed by atoms with Gasteiger partial charge in [0.05, 0.1) is 6.54 Å². The van der Waals surface area contributed by atoms with Crippen LogP contribution in [0, 0.1) is 11.8 Å². The lowest BCUT2D eigenvalue weighted by Crippen LogP contribution is -2.33. The normalized spacial score (nSPS) is 23.1. The molecular formula is C17H24N2. The fourth-order valence-corrected chi connectivity index (χ4v) is 2.96. The van der Waals surface area contributed by atoms with E-state index in [1.54, 1.807) is 0 Å². The van der Waals surface area contributed by atoms with Crippen LogP contribution in [0.4, 0.5) is 0 Å². The number of nitrogens with zero attached hydrogens (tertiary/aromatic N) is 1. The van der Waals surface area contributed by atoms with E-state index in [-0.39, 0.29) is 0 Å². The van der Waals surface area contributed by atoms with E-state index >= 15 is 0 Å². The molecule has 102 valence electrons. The summed E-state index contributed by atoms with van der Waals surface area (Å²) >= 11 is 0. The van der Waals surface area contributed by atoms with E-state index in [4.69, 9.17) is 5.73 Å². The van der Waals surface area contributed by atoms with Crippen LogP contribution < -0.4 is 5.73 Å². The molecule has 1 fully saturated rings. The average Bonchev–Trinajstić information content (AvgIpc) is 2.78. The van der Waals surface area contributed by atoms with Crippen LogP contribution in [-0.2, 0) is 6.54 Å². The van der Waals surface area contributed by atoms with Gasteiger partial charge in [-0.3, -0.25) is 4.90 Å². The lowest BCUT2D eigenvalue weighted by molar-refractivity contribution is 0.189. The Morgan fingerprint density at radius 2 is 2.21 bits per heavy atom. The lowest BCUT2D eigenvalue weighted by atomic mass is 10.1. The molecule has 1 aromatic rings. The maximum atomic E-state index is 5.42. The summed E-state index contributed by atoms with van der Waals surface area (Å²) in [7, 11) is 0. The highest BCUT2D eigenvalue weighted by Gasteiger charge is 2.28. The highest BCUT2D eigenvalue weighted by Crippen LogP contribution is 2.27. The molecule has 0 spiro atoms. The molecule has 1 aliphatic heterocycles. The van der Waals surface area contributed by atoms with E-state index in [9.17, 15) is 0 Å². The molecule has 0 bridgehead atoms. The molecule has 0 radical (unpaired) electrons. The highest BCUT2D eigenvalue weighted by atomic mass is 15.2. The van der Waals surface area contributed by atoms with E-state index in [2.05, 4.69) is 54.9 Å². The molecular weight excluding hydrogens is 232 g/mol. The summed E-state index contributed by atoms with van der Waals surface area (Å²) in [5.41, 5.74) is 7.85. The zero-order valence-electron chi connectivity index (χ0n) is 12.0. The van der Waals surface area contributed by atoms with Gasteiger partial charge in [0, 0.05) is 24.2 Å². The van der Waals surface area contributed by atoms with Gasteiger partial charge in [-0.05, 0) is 43.9 Å². The van der Waals surface area contributed by atoms with Gasteiger partial charge in [-0.2, -0.15) is 0 Å². The van der Waals surface area contributed by atoms with E-state index < -0.39 is 0 Å². The van der Waals surface area contributed by atoms with Crippen LogP contribution in [0.15, 0.2) is 24.3 Å². The quantitative estimate of drug-likeness (QED) is 0.843. The minimum Gasteiger partial charge on any atom is -0.320 e. The maximum absolute atomic E-state index is 5.42. The summed E-state index contributed by atoms with van der Waals surface area (Å²) in [6.45, 7) is 6.09. The van der Waals surface area contributed by atoms with Gasteiger partial charge in [0.25, 0.3) is 0 Å². The Labute approximate surface area is 117 Å². The standard InChI is InChI=1S/C17H24N2/c1-3-17-10-9-14(2)19(17)13-16-7-4-6-15(12-16)8-5-11-18/h4,6-7,12,14,17H,3,9-11,13,18H2,1-2H3. The monoisotopic (exact) mass is 256 g/mol. The van der Waals surface area contributed by atoms with Gasteiger partial charge in [-0.15, -0.1) is 0 Å². The second-order valence-electron chi connectivity index (χ2n) is 5.37. The Morgan fingerprint density at radius 1 is 1.37 bits per heavy atom. The predicted octanol–water partition coefficient (Wildman–Crippen LogP) is 2.76.